The Bertz CT molecular complexity index is 417. The van der Waals surface area contributed by atoms with Gasteiger partial charge in [0.2, 0.25) is 0 Å². The van der Waals surface area contributed by atoms with E-state index in [2.05, 4.69) is 0 Å². The number of unbranched alkanes of at least 4 members (excludes halogenated alkanes) is 1. The van der Waals surface area contributed by atoms with Crippen LogP contribution in [0.2, 0.25) is 0 Å². The Morgan fingerprint density at radius 2 is 2.06 bits per heavy atom. The topological polar surface area (TPSA) is 55.8 Å². The first kappa shape index (κ1) is 14.2. The van der Waals surface area contributed by atoms with Crippen molar-refractivity contribution in [1.82, 2.24) is 0 Å². The van der Waals surface area contributed by atoms with Gasteiger partial charge in [0.25, 0.3) is 0 Å². The predicted molar refractivity (Wildman–Crippen MR) is 67.2 cm³/mol. The lowest BCUT2D eigenvalue weighted by atomic mass is 10.1. The Hall–Kier alpha value is -0.830. The number of aryl methyl sites for hydroxylation is 2. The number of hydrogen-bond donors (Lipinski definition) is 1. The molecule has 1 atom stereocenters. The van der Waals surface area contributed by atoms with Crippen molar-refractivity contribution in [3.8, 4) is 5.75 Å². The van der Waals surface area contributed by atoms with Crippen LogP contribution in [0.1, 0.15) is 30.9 Å². The number of hydrogen-bond acceptors (Lipinski definition) is 3. The number of phosphoric ester groups is 1. The number of benzene rings is 1. The summed E-state index contributed by atoms with van der Waals surface area (Å²) in [4.78, 5) is 9.50. The van der Waals surface area contributed by atoms with E-state index in [4.69, 9.17) is 9.05 Å². The van der Waals surface area contributed by atoms with Gasteiger partial charge in [0.15, 0.2) is 0 Å². The van der Waals surface area contributed by atoms with Crippen LogP contribution >= 0.6 is 7.82 Å². The Labute approximate surface area is 102 Å². The molecule has 1 aromatic rings. The fourth-order valence-corrected chi connectivity index (χ4v) is 2.24. The molecule has 0 aromatic heterocycles. The highest BCUT2D eigenvalue weighted by Gasteiger charge is 2.23. The maximum atomic E-state index is 11.6. The van der Waals surface area contributed by atoms with Crippen LogP contribution in [-0.2, 0) is 9.09 Å². The Morgan fingerprint density at radius 3 is 2.65 bits per heavy atom. The summed E-state index contributed by atoms with van der Waals surface area (Å²) in [6.45, 7) is 5.99. The average Bonchev–Trinajstić information content (AvgIpc) is 2.22. The molecule has 1 N–H and O–H groups in total. The van der Waals surface area contributed by atoms with E-state index in [1.807, 2.05) is 32.9 Å². The van der Waals surface area contributed by atoms with Crippen LogP contribution < -0.4 is 4.52 Å². The van der Waals surface area contributed by atoms with Crippen LogP contribution in [0.5, 0.6) is 5.75 Å². The van der Waals surface area contributed by atoms with Crippen molar-refractivity contribution in [1.29, 1.82) is 0 Å². The summed E-state index contributed by atoms with van der Waals surface area (Å²) in [5.41, 5.74) is 1.90. The second kappa shape index (κ2) is 6.20. The van der Waals surface area contributed by atoms with Gasteiger partial charge in [-0.2, -0.15) is 0 Å². The molecule has 0 aliphatic heterocycles. The molecule has 0 spiro atoms. The summed E-state index contributed by atoms with van der Waals surface area (Å²) in [7, 11) is -3.99. The molecule has 0 radical (unpaired) electrons. The molecule has 0 fully saturated rings. The molecule has 4 nitrogen and oxygen atoms in total. The zero-order valence-corrected chi connectivity index (χ0v) is 11.4. The van der Waals surface area contributed by atoms with Crippen LogP contribution in [0.15, 0.2) is 18.2 Å². The normalized spacial score (nSPS) is 14.4. The Kier molecular flexibility index (Phi) is 5.19. The van der Waals surface area contributed by atoms with Gasteiger partial charge in [-0.1, -0.05) is 31.0 Å². The molecule has 17 heavy (non-hydrogen) atoms. The summed E-state index contributed by atoms with van der Waals surface area (Å²) < 4.78 is 21.5. The van der Waals surface area contributed by atoms with Gasteiger partial charge < -0.3 is 4.52 Å². The zero-order chi connectivity index (χ0) is 12.9. The van der Waals surface area contributed by atoms with Crippen LogP contribution in [-0.4, -0.2) is 11.5 Å². The summed E-state index contributed by atoms with van der Waals surface area (Å²) in [5, 5.41) is 0. The highest BCUT2D eigenvalue weighted by Crippen LogP contribution is 2.44. The van der Waals surface area contributed by atoms with Crippen LogP contribution in [0, 0.1) is 13.8 Å². The van der Waals surface area contributed by atoms with E-state index in [9.17, 15) is 9.46 Å². The first-order chi connectivity index (χ1) is 7.94. The van der Waals surface area contributed by atoms with Crippen molar-refractivity contribution in [2.45, 2.75) is 33.6 Å². The Balaban J connectivity index is 2.66. The summed E-state index contributed by atoms with van der Waals surface area (Å²) in [5.74, 6) is 0.387. The molecular formula is C12H19O4P. The van der Waals surface area contributed by atoms with E-state index in [0.29, 0.717) is 5.75 Å². The van der Waals surface area contributed by atoms with Crippen molar-refractivity contribution in [3.63, 3.8) is 0 Å². The lowest BCUT2D eigenvalue weighted by molar-refractivity contribution is 0.200. The standard InChI is InChI=1S/C12H19O4P/c1-4-5-8-15-17(13,14)16-12-7-6-10(2)9-11(12)3/h6-7,9H,4-5,8H2,1-3H3,(H,13,14). The molecule has 96 valence electrons. The molecule has 1 aromatic carbocycles. The quantitative estimate of drug-likeness (QED) is 0.625. The van der Waals surface area contributed by atoms with E-state index in [1.165, 1.54) is 0 Å². The minimum atomic E-state index is -3.99. The second-order valence-electron chi connectivity index (χ2n) is 4.02. The van der Waals surface area contributed by atoms with Crippen LogP contribution in [0.4, 0.5) is 0 Å². The lowest BCUT2D eigenvalue weighted by Crippen LogP contribution is -2.00. The van der Waals surface area contributed by atoms with Crippen LogP contribution in [0.3, 0.4) is 0 Å². The van der Waals surface area contributed by atoms with Crippen LogP contribution in [0.25, 0.3) is 0 Å². The van der Waals surface area contributed by atoms with Gasteiger partial charge in [-0.15, -0.1) is 0 Å². The van der Waals surface area contributed by atoms with E-state index < -0.39 is 7.82 Å². The molecule has 0 saturated carbocycles. The minimum absolute atomic E-state index is 0.231. The third-order valence-electron chi connectivity index (χ3n) is 2.30. The number of phosphoric acid groups is 1. The summed E-state index contributed by atoms with van der Waals surface area (Å²) in [6, 6.07) is 5.40. The van der Waals surface area contributed by atoms with Gasteiger partial charge in [0.1, 0.15) is 5.75 Å². The molecule has 0 saturated heterocycles. The monoisotopic (exact) mass is 258 g/mol. The zero-order valence-electron chi connectivity index (χ0n) is 10.5. The van der Waals surface area contributed by atoms with Gasteiger partial charge >= 0.3 is 7.82 Å². The van der Waals surface area contributed by atoms with Crippen molar-refractivity contribution < 1.29 is 18.5 Å². The fraction of sp³-hybridized carbons (Fsp3) is 0.500. The lowest BCUT2D eigenvalue weighted by Gasteiger charge is -2.14. The summed E-state index contributed by atoms with van der Waals surface area (Å²) in [6.07, 6.45) is 1.64. The molecule has 0 bridgehead atoms. The molecule has 1 rings (SSSR count). The largest absolute Gasteiger partial charge is 0.527 e. The van der Waals surface area contributed by atoms with Crippen molar-refractivity contribution >= 4 is 7.82 Å². The highest BCUT2D eigenvalue weighted by atomic mass is 31.2. The average molecular weight is 258 g/mol. The minimum Gasteiger partial charge on any atom is -0.404 e. The molecule has 0 aliphatic carbocycles. The van der Waals surface area contributed by atoms with Crippen molar-refractivity contribution in [2.24, 2.45) is 0 Å². The smallest absolute Gasteiger partial charge is 0.404 e. The maximum absolute atomic E-state index is 11.6. The van der Waals surface area contributed by atoms with E-state index >= 15 is 0 Å². The molecule has 0 aliphatic rings. The fourth-order valence-electron chi connectivity index (χ4n) is 1.38. The van der Waals surface area contributed by atoms with Gasteiger partial charge in [-0.3, -0.25) is 9.42 Å². The molecule has 5 heteroatoms. The predicted octanol–water partition coefficient (Wildman–Crippen LogP) is 3.60. The highest BCUT2D eigenvalue weighted by molar-refractivity contribution is 7.47. The van der Waals surface area contributed by atoms with Gasteiger partial charge in [-0.25, -0.2) is 4.57 Å². The molecule has 0 heterocycles. The first-order valence-corrected chi connectivity index (χ1v) is 7.18. The van der Waals surface area contributed by atoms with Crippen molar-refractivity contribution in [2.75, 3.05) is 6.61 Å². The SMILES string of the molecule is CCCCOP(=O)(O)Oc1ccc(C)cc1C. The summed E-state index contributed by atoms with van der Waals surface area (Å²) >= 11 is 0. The van der Waals surface area contributed by atoms with E-state index in [1.54, 1.807) is 6.07 Å². The van der Waals surface area contributed by atoms with Crippen molar-refractivity contribution in [3.05, 3.63) is 29.3 Å². The number of rotatable bonds is 6. The van der Waals surface area contributed by atoms with Gasteiger partial charge in [-0.05, 0) is 31.9 Å². The molecule has 0 amide bonds. The Morgan fingerprint density at radius 1 is 1.35 bits per heavy atom. The van der Waals surface area contributed by atoms with Gasteiger partial charge in [0, 0.05) is 0 Å². The van der Waals surface area contributed by atoms with E-state index in [-0.39, 0.29) is 6.61 Å². The third-order valence-corrected chi connectivity index (χ3v) is 3.23. The second-order valence-corrected chi connectivity index (χ2v) is 5.39. The maximum Gasteiger partial charge on any atom is 0.527 e. The first-order valence-electron chi connectivity index (χ1n) is 5.69. The molecule has 1 unspecified atom stereocenters. The third kappa shape index (κ3) is 4.90. The molecular weight excluding hydrogens is 239 g/mol. The van der Waals surface area contributed by atoms with E-state index in [0.717, 1.165) is 24.0 Å². The van der Waals surface area contributed by atoms with Gasteiger partial charge in [0.05, 0.1) is 6.61 Å².